The molecule has 4 nitrogen and oxygen atoms in total. The SMILES string of the molecule is N[C@@H](C(=O)N1CCS(=O)CC1)c1ccccc1. The summed E-state index contributed by atoms with van der Waals surface area (Å²) in [6, 6.07) is 8.73. The molecule has 0 radical (unpaired) electrons. The lowest BCUT2D eigenvalue weighted by atomic mass is 10.1. The molecule has 1 fully saturated rings. The van der Waals surface area contributed by atoms with E-state index in [2.05, 4.69) is 0 Å². The molecule has 1 atom stereocenters. The van der Waals surface area contributed by atoms with Crippen molar-refractivity contribution >= 4 is 16.7 Å². The van der Waals surface area contributed by atoms with Crippen molar-refractivity contribution in [2.24, 2.45) is 5.73 Å². The van der Waals surface area contributed by atoms with Gasteiger partial charge < -0.3 is 10.6 Å². The molecule has 1 aromatic carbocycles. The fourth-order valence-corrected chi connectivity index (χ4v) is 2.91. The molecule has 0 saturated carbocycles. The van der Waals surface area contributed by atoms with Gasteiger partial charge in [-0.05, 0) is 5.56 Å². The van der Waals surface area contributed by atoms with E-state index in [0.29, 0.717) is 24.6 Å². The number of amides is 1. The highest BCUT2D eigenvalue weighted by Gasteiger charge is 2.25. The number of carbonyl (C=O) groups excluding carboxylic acids is 1. The summed E-state index contributed by atoms with van der Waals surface area (Å²) < 4.78 is 11.2. The fraction of sp³-hybridized carbons (Fsp3) is 0.417. The van der Waals surface area contributed by atoms with Gasteiger partial charge in [0.15, 0.2) is 0 Å². The van der Waals surface area contributed by atoms with Crippen molar-refractivity contribution < 1.29 is 9.00 Å². The minimum atomic E-state index is -0.770. The number of carbonyl (C=O) groups is 1. The maximum absolute atomic E-state index is 12.1. The van der Waals surface area contributed by atoms with E-state index in [-0.39, 0.29) is 5.91 Å². The first-order chi connectivity index (χ1) is 8.18. The highest BCUT2D eigenvalue weighted by molar-refractivity contribution is 7.85. The van der Waals surface area contributed by atoms with Crippen molar-refractivity contribution in [1.82, 2.24) is 4.90 Å². The first kappa shape index (κ1) is 12.3. The number of hydrogen-bond donors (Lipinski definition) is 1. The number of benzene rings is 1. The van der Waals surface area contributed by atoms with Gasteiger partial charge in [0.25, 0.3) is 0 Å². The third-order valence-electron chi connectivity index (χ3n) is 2.91. The highest BCUT2D eigenvalue weighted by atomic mass is 32.2. The van der Waals surface area contributed by atoms with Gasteiger partial charge in [-0.15, -0.1) is 0 Å². The van der Waals surface area contributed by atoms with Gasteiger partial charge >= 0.3 is 0 Å². The van der Waals surface area contributed by atoms with Crippen LogP contribution in [0.3, 0.4) is 0 Å². The third-order valence-corrected chi connectivity index (χ3v) is 4.19. The van der Waals surface area contributed by atoms with Crippen LogP contribution in [0.15, 0.2) is 30.3 Å². The van der Waals surface area contributed by atoms with E-state index in [1.165, 1.54) is 0 Å². The summed E-state index contributed by atoms with van der Waals surface area (Å²) in [4.78, 5) is 13.8. The Morgan fingerprint density at radius 2 is 1.82 bits per heavy atom. The van der Waals surface area contributed by atoms with E-state index in [0.717, 1.165) is 5.56 Å². The Morgan fingerprint density at radius 3 is 2.41 bits per heavy atom. The predicted octanol–water partition coefficient (Wildman–Crippen LogP) is 0.277. The van der Waals surface area contributed by atoms with Crippen molar-refractivity contribution in [1.29, 1.82) is 0 Å². The van der Waals surface area contributed by atoms with Crippen LogP contribution in [0.5, 0.6) is 0 Å². The first-order valence-electron chi connectivity index (χ1n) is 5.63. The average Bonchev–Trinajstić information content (AvgIpc) is 2.39. The number of hydrogen-bond acceptors (Lipinski definition) is 3. The molecule has 2 N–H and O–H groups in total. The average molecular weight is 252 g/mol. The molecule has 1 aliphatic rings. The Balaban J connectivity index is 2.03. The number of nitrogens with two attached hydrogens (primary N) is 1. The quantitative estimate of drug-likeness (QED) is 0.822. The summed E-state index contributed by atoms with van der Waals surface area (Å²) in [6.45, 7) is 1.10. The Morgan fingerprint density at radius 1 is 1.24 bits per heavy atom. The van der Waals surface area contributed by atoms with Crippen LogP contribution in [0.2, 0.25) is 0 Å². The second-order valence-corrected chi connectivity index (χ2v) is 5.76. The third kappa shape index (κ3) is 2.92. The molecule has 1 amide bonds. The molecular weight excluding hydrogens is 236 g/mol. The standard InChI is InChI=1S/C12H16N2O2S/c13-11(10-4-2-1-3-5-10)12(15)14-6-8-17(16)9-7-14/h1-5,11H,6-9,13H2/t11-/m1/s1. The normalized spacial score (nSPS) is 19.0. The van der Waals surface area contributed by atoms with Gasteiger partial charge in [0.2, 0.25) is 5.91 Å². The van der Waals surface area contributed by atoms with Crippen molar-refractivity contribution in [3.8, 4) is 0 Å². The largest absolute Gasteiger partial charge is 0.339 e. The molecule has 0 aromatic heterocycles. The van der Waals surface area contributed by atoms with Crippen LogP contribution in [0.1, 0.15) is 11.6 Å². The van der Waals surface area contributed by atoms with Gasteiger partial charge in [0.1, 0.15) is 6.04 Å². The second kappa shape index (κ2) is 5.42. The smallest absolute Gasteiger partial charge is 0.244 e. The van der Waals surface area contributed by atoms with Crippen molar-refractivity contribution in [3.05, 3.63) is 35.9 Å². The Hall–Kier alpha value is -1.20. The first-order valence-corrected chi connectivity index (χ1v) is 7.11. The zero-order chi connectivity index (χ0) is 12.3. The minimum absolute atomic E-state index is 0.0760. The van der Waals surface area contributed by atoms with Gasteiger partial charge in [0, 0.05) is 35.4 Å². The minimum Gasteiger partial charge on any atom is -0.339 e. The highest BCUT2D eigenvalue weighted by Crippen LogP contribution is 2.14. The van der Waals surface area contributed by atoms with E-state index in [9.17, 15) is 9.00 Å². The molecule has 1 aromatic rings. The monoisotopic (exact) mass is 252 g/mol. The summed E-state index contributed by atoms with van der Waals surface area (Å²) in [5, 5.41) is 0. The van der Waals surface area contributed by atoms with Gasteiger partial charge in [-0.1, -0.05) is 30.3 Å². The van der Waals surface area contributed by atoms with Crippen LogP contribution in [0.25, 0.3) is 0 Å². The van der Waals surface area contributed by atoms with E-state index in [1.54, 1.807) is 4.90 Å². The molecule has 0 spiro atoms. The van der Waals surface area contributed by atoms with E-state index in [1.807, 2.05) is 30.3 Å². The molecule has 92 valence electrons. The summed E-state index contributed by atoms with van der Waals surface area (Å²) in [5.74, 6) is 1.05. The molecule has 1 saturated heterocycles. The van der Waals surface area contributed by atoms with Gasteiger partial charge in [-0.25, -0.2) is 0 Å². The summed E-state index contributed by atoms with van der Waals surface area (Å²) >= 11 is 0. The Bertz CT molecular complexity index is 412. The summed E-state index contributed by atoms with van der Waals surface area (Å²) in [5.41, 5.74) is 6.76. The Labute approximate surface area is 103 Å². The fourth-order valence-electron chi connectivity index (χ4n) is 1.86. The Kier molecular flexibility index (Phi) is 3.91. The molecular formula is C12H16N2O2S. The summed E-state index contributed by atoms with van der Waals surface area (Å²) in [7, 11) is -0.770. The maximum Gasteiger partial charge on any atom is 0.244 e. The molecule has 1 heterocycles. The van der Waals surface area contributed by atoms with Crippen LogP contribution in [-0.2, 0) is 15.6 Å². The molecule has 0 unspecified atom stereocenters. The van der Waals surface area contributed by atoms with Gasteiger partial charge in [0.05, 0.1) is 0 Å². The van der Waals surface area contributed by atoms with Crippen LogP contribution < -0.4 is 5.73 Å². The predicted molar refractivity (Wildman–Crippen MR) is 67.8 cm³/mol. The summed E-state index contributed by atoms with van der Waals surface area (Å²) in [6.07, 6.45) is 0. The van der Waals surface area contributed by atoms with Crippen LogP contribution in [0, 0.1) is 0 Å². The zero-order valence-electron chi connectivity index (χ0n) is 9.54. The lowest BCUT2D eigenvalue weighted by molar-refractivity contribution is -0.132. The molecule has 0 bridgehead atoms. The van der Waals surface area contributed by atoms with Gasteiger partial charge in [-0.3, -0.25) is 9.00 Å². The van der Waals surface area contributed by atoms with E-state index >= 15 is 0 Å². The number of nitrogens with zero attached hydrogens (tertiary/aromatic N) is 1. The van der Waals surface area contributed by atoms with Crippen LogP contribution in [-0.4, -0.2) is 39.6 Å². The van der Waals surface area contributed by atoms with E-state index < -0.39 is 16.8 Å². The lowest BCUT2D eigenvalue weighted by Crippen LogP contribution is -2.45. The van der Waals surface area contributed by atoms with Crippen LogP contribution >= 0.6 is 0 Å². The second-order valence-electron chi connectivity index (χ2n) is 4.06. The topological polar surface area (TPSA) is 63.4 Å². The molecule has 2 rings (SSSR count). The van der Waals surface area contributed by atoms with Crippen molar-refractivity contribution in [2.45, 2.75) is 6.04 Å². The maximum atomic E-state index is 12.1. The molecule has 17 heavy (non-hydrogen) atoms. The molecule has 1 aliphatic heterocycles. The van der Waals surface area contributed by atoms with E-state index in [4.69, 9.17) is 5.73 Å². The van der Waals surface area contributed by atoms with Crippen molar-refractivity contribution in [2.75, 3.05) is 24.6 Å². The molecule has 0 aliphatic carbocycles. The zero-order valence-corrected chi connectivity index (χ0v) is 10.4. The molecule has 5 heteroatoms. The number of rotatable bonds is 2. The lowest BCUT2D eigenvalue weighted by Gasteiger charge is -2.28. The van der Waals surface area contributed by atoms with Gasteiger partial charge in [-0.2, -0.15) is 0 Å². The van der Waals surface area contributed by atoms with Crippen molar-refractivity contribution in [3.63, 3.8) is 0 Å². The van der Waals surface area contributed by atoms with Crippen LogP contribution in [0.4, 0.5) is 0 Å².